The van der Waals surface area contributed by atoms with Gasteiger partial charge in [0.25, 0.3) is 0 Å². The summed E-state index contributed by atoms with van der Waals surface area (Å²) in [7, 11) is 0. The maximum Gasteiger partial charge on any atom is 0.326 e. The summed E-state index contributed by atoms with van der Waals surface area (Å²) in [5, 5.41) is 9.51. The van der Waals surface area contributed by atoms with Crippen LogP contribution in [0.4, 0.5) is 5.82 Å². The second-order valence-electron chi connectivity index (χ2n) is 5.39. The van der Waals surface area contributed by atoms with Gasteiger partial charge in [-0.05, 0) is 32.6 Å². The van der Waals surface area contributed by atoms with Crippen molar-refractivity contribution in [3.8, 4) is 5.88 Å². The van der Waals surface area contributed by atoms with Gasteiger partial charge in [0.2, 0.25) is 5.88 Å². The Balaban J connectivity index is 2.28. The largest absolute Gasteiger partial charge is 0.480 e. The number of hydrogen-bond acceptors (Lipinski definition) is 5. The minimum Gasteiger partial charge on any atom is -0.480 e. The number of aryl methyl sites for hydroxylation is 1. The third kappa shape index (κ3) is 3.62. The second-order valence-corrected chi connectivity index (χ2v) is 5.39. The Morgan fingerprint density at radius 3 is 2.86 bits per heavy atom. The van der Waals surface area contributed by atoms with Crippen LogP contribution in [0.1, 0.15) is 38.9 Å². The van der Waals surface area contributed by atoms with Gasteiger partial charge in [0.05, 0.1) is 6.61 Å². The molecule has 116 valence electrons. The van der Waals surface area contributed by atoms with Crippen LogP contribution in [-0.4, -0.2) is 40.2 Å². The smallest absolute Gasteiger partial charge is 0.326 e. The van der Waals surface area contributed by atoms with Gasteiger partial charge in [-0.2, -0.15) is 4.98 Å². The van der Waals surface area contributed by atoms with Crippen molar-refractivity contribution < 1.29 is 14.6 Å². The van der Waals surface area contributed by atoms with Gasteiger partial charge in [0.1, 0.15) is 17.7 Å². The topological polar surface area (TPSA) is 75.5 Å². The number of carboxylic acids is 1. The van der Waals surface area contributed by atoms with Crippen molar-refractivity contribution in [2.75, 3.05) is 18.1 Å². The number of carboxylic acid groups (broad SMARTS) is 1. The van der Waals surface area contributed by atoms with Gasteiger partial charge < -0.3 is 14.7 Å². The van der Waals surface area contributed by atoms with Gasteiger partial charge >= 0.3 is 5.97 Å². The van der Waals surface area contributed by atoms with E-state index in [4.69, 9.17) is 4.74 Å². The number of nitrogens with zero attached hydrogens (tertiary/aromatic N) is 3. The van der Waals surface area contributed by atoms with Crippen molar-refractivity contribution in [2.45, 2.75) is 46.1 Å². The van der Waals surface area contributed by atoms with Crippen LogP contribution in [0.5, 0.6) is 5.88 Å². The molecule has 1 saturated heterocycles. The highest BCUT2D eigenvalue weighted by atomic mass is 16.5. The minimum absolute atomic E-state index is 0.469. The maximum atomic E-state index is 11.6. The van der Waals surface area contributed by atoms with Gasteiger partial charge in [-0.1, -0.05) is 13.3 Å². The van der Waals surface area contributed by atoms with Crippen LogP contribution < -0.4 is 9.64 Å². The van der Waals surface area contributed by atoms with E-state index >= 15 is 0 Å². The summed E-state index contributed by atoms with van der Waals surface area (Å²) in [6.45, 7) is 7.03. The lowest BCUT2D eigenvalue weighted by atomic mass is 9.89. The predicted octanol–water partition coefficient (Wildman–Crippen LogP) is 2.26. The molecule has 1 aromatic heterocycles. The van der Waals surface area contributed by atoms with Crippen LogP contribution in [0.3, 0.4) is 0 Å². The monoisotopic (exact) mass is 293 g/mol. The summed E-state index contributed by atoms with van der Waals surface area (Å²) in [6, 6.07) is 1.21. The molecule has 1 aliphatic rings. The average Bonchev–Trinajstić information content (AvgIpc) is 2.46. The first-order valence-electron chi connectivity index (χ1n) is 7.53. The van der Waals surface area contributed by atoms with Gasteiger partial charge in [0.15, 0.2) is 0 Å². The van der Waals surface area contributed by atoms with Crippen LogP contribution in [-0.2, 0) is 4.79 Å². The minimum atomic E-state index is -0.789. The van der Waals surface area contributed by atoms with E-state index in [1.807, 2.05) is 11.8 Å². The standard InChI is InChI=1S/C15H23N3O3/c1-4-11-6-7-18(12(8-11)15(19)20)13-9-14(21-5-2)17-10(3)16-13/h9,11-12H,4-8H2,1-3H3,(H,19,20). The molecule has 0 spiro atoms. The van der Waals surface area contributed by atoms with E-state index in [2.05, 4.69) is 16.9 Å². The molecular weight excluding hydrogens is 270 g/mol. The Hall–Kier alpha value is -1.85. The molecule has 2 rings (SSSR count). The molecule has 1 aromatic rings. The fourth-order valence-electron chi connectivity index (χ4n) is 2.81. The Morgan fingerprint density at radius 1 is 1.48 bits per heavy atom. The van der Waals surface area contributed by atoms with Crippen LogP contribution >= 0.6 is 0 Å². The second kappa shape index (κ2) is 6.74. The molecule has 6 heteroatoms. The predicted molar refractivity (Wildman–Crippen MR) is 79.7 cm³/mol. The molecule has 1 fully saturated rings. The van der Waals surface area contributed by atoms with Crippen LogP contribution in [0.2, 0.25) is 0 Å². The van der Waals surface area contributed by atoms with E-state index in [0.29, 0.717) is 43.0 Å². The third-order valence-electron chi connectivity index (χ3n) is 3.96. The molecule has 1 aliphatic heterocycles. The molecule has 0 aromatic carbocycles. The molecular formula is C15H23N3O3. The Kier molecular flexibility index (Phi) is 4.98. The molecule has 0 amide bonds. The highest BCUT2D eigenvalue weighted by Crippen LogP contribution is 2.30. The zero-order valence-electron chi connectivity index (χ0n) is 12.9. The SMILES string of the molecule is CCOc1cc(N2CCC(CC)CC2C(=O)O)nc(C)n1. The van der Waals surface area contributed by atoms with Gasteiger partial charge in [-0.3, -0.25) is 0 Å². The molecule has 6 nitrogen and oxygen atoms in total. The summed E-state index contributed by atoms with van der Waals surface area (Å²) >= 11 is 0. The van der Waals surface area contributed by atoms with E-state index in [1.54, 1.807) is 13.0 Å². The molecule has 0 aliphatic carbocycles. The van der Waals surface area contributed by atoms with Crippen LogP contribution in [0.25, 0.3) is 0 Å². The first-order chi connectivity index (χ1) is 10.0. The average molecular weight is 293 g/mol. The molecule has 1 N–H and O–H groups in total. The van der Waals surface area contributed by atoms with Crippen molar-refractivity contribution >= 4 is 11.8 Å². The number of aromatic nitrogens is 2. The van der Waals surface area contributed by atoms with Gasteiger partial charge in [-0.15, -0.1) is 0 Å². The van der Waals surface area contributed by atoms with Gasteiger partial charge in [-0.25, -0.2) is 9.78 Å². The molecule has 2 atom stereocenters. The summed E-state index contributed by atoms with van der Waals surface area (Å²) in [5.74, 6) is 1.42. The molecule has 2 heterocycles. The summed E-state index contributed by atoms with van der Waals surface area (Å²) in [4.78, 5) is 22.1. The number of aliphatic carboxylic acids is 1. The molecule has 0 saturated carbocycles. The Morgan fingerprint density at radius 2 is 2.24 bits per heavy atom. The fraction of sp³-hybridized carbons (Fsp3) is 0.667. The quantitative estimate of drug-likeness (QED) is 0.897. The summed E-state index contributed by atoms with van der Waals surface area (Å²) in [6.07, 6.45) is 2.68. The van der Waals surface area contributed by atoms with Gasteiger partial charge in [0, 0.05) is 12.6 Å². The van der Waals surface area contributed by atoms with E-state index in [9.17, 15) is 9.90 Å². The molecule has 21 heavy (non-hydrogen) atoms. The normalized spacial score (nSPS) is 22.1. The molecule has 2 unspecified atom stereocenters. The van der Waals surface area contributed by atoms with Crippen molar-refractivity contribution in [1.29, 1.82) is 0 Å². The Labute approximate surface area is 125 Å². The van der Waals surface area contributed by atoms with E-state index in [1.165, 1.54) is 0 Å². The lowest BCUT2D eigenvalue weighted by Crippen LogP contribution is -2.47. The third-order valence-corrected chi connectivity index (χ3v) is 3.96. The number of carbonyl (C=O) groups is 1. The van der Waals surface area contributed by atoms with Crippen molar-refractivity contribution in [3.05, 3.63) is 11.9 Å². The lowest BCUT2D eigenvalue weighted by Gasteiger charge is -2.37. The summed E-state index contributed by atoms with van der Waals surface area (Å²) < 4.78 is 5.43. The van der Waals surface area contributed by atoms with E-state index in [0.717, 1.165) is 12.8 Å². The first-order valence-corrected chi connectivity index (χ1v) is 7.53. The molecule has 0 bridgehead atoms. The lowest BCUT2D eigenvalue weighted by molar-refractivity contribution is -0.139. The van der Waals surface area contributed by atoms with Crippen LogP contribution in [0, 0.1) is 12.8 Å². The zero-order valence-corrected chi connectivity index (χ0v) is 12.9. The summed E-state index contributed by atoms with van der Waals surface area (Å²) in [5.41, 5.74) is 0. The first kappa shape index (κ1) is 15.5. The number of anilines is 1. The fourth-order valence-corrected chi connectivity index (χ4v) is 2.81. The van der Waals surface area contributed by atoms with Crippen molar-refractivity contribution in [2.24, 2.45) is 5.92 Å². The highest BCUT2D eigenvalue weighted by molar-refractivity contribution is 5.78. The van der Waals surface area contributed by atoms with Crippen LogP contribution in [0.15, 0.2) is 6.07 Å². The van der Waals surface area contributed by atoms with Crippen molar-refractivity contribution in [3.63, 3.8) is 0 Å². The zero-order chi connectivity index (χ0) is 15.4. The van der Waals surface area contributed by atoms with E-state index < -0.39 is 12.0 Å². The number of piperidine rings is 1. The number of ether oxygens (including phenoxy) is 1. The highest BCUT2D eigenvalue weighted by Gasteiger charge is 2.33. The molecule has 0 radical (unpaired) electrons. The number of hydrogen-bond donors (Lipinski definition) is 1. The van der Waals surface area contributed by atoms with E-state index in [-0.39, 0.29) is 0 Å². The van der Waals surface area contributed by atoms with Crippen molar-refractivity contribution in [1.82, 2.24) is 9.97 Å². The maximum absolute atomic E-state index is 11.6. The Bertz CT molecular complexity index is 507. The number of rotatable bonds is 5.